The Morgan fingerprint density at radius 3 is 1.92 bits per heavy atom. The zero-order chi connectivity index (χ0) is 27.2. The van der Waals surface area contributed by atoms with Crippen molar-refractivity contribution in [2.75, 3.05) is 21.3 Å². The van der Waals surface area contributed by atoms with Gasteiger partial charge in [0.15, 0.2) is 0 Å². The second-order valence-corrected chi connectivity index (χ2v) is 8.48. The van der Waals surface area contributed by atoms with Crippen LogP contribution in [0.1, 0.15) is 28.3 Å². The lowest BCUT2D eigenvalue weighted by Crippen LogP contribution is -2.42. The molecule has 0 aromatic heterocycles. The van der Waals surface area contributed by atoms with Crippen LogP contribution < -0.4 is 0 Å². The molecule has 8 heteroatoms. The van der Waals surface area contributed by atoms with Crippen LogP contribution in [0, 0.1) is 6.92 Å². The molecular formula is C30H28N2O6. The molecule has 0 N–H and O–H groups in total. The Balaban J connectivity index is 2.12. The van der Waals surface area contributed by atoms with Crippen LogP contribution in [-0.4, -0.2) is 49.4 Å². The first-order chi connectivity index (χ1) is 18.4. The van der Waals surface area contributed by atoms with E-state index in [1.807, 2.05) is 79.7 Å². The lowest BCUT2D eigenvalue weighted by atomic mass is 9.95. The minimum absolute atomic E-state index is 0.208. The molecule has 1 amide bonds. The molecule has 1 atom stereocenters. The molecule has 0 saturated heterocycles. The maximum Gasteiger partial charge on any atom is 0.429 e. The molecule has 1 unspecified atom stereocenters. The van der Waals surface area contributed by atoms with Crippen molar-refractivity contribution in [3.63, 3.8) is 0 Å². The summed E-state index contributed by atoms with van der Waals surface area (Å²) < 4.78 is 15.4. The van der Waals surface area contributed by atoms with Crippen LogP contribution in [-0.2, 0) is 23.8 Å². The van der Waals surface area contributed by atoms with Crippen LogP contribution in [0.25, 0.3) is 11.4 Å². The van der Waals surface area contributed by atoms with E-state index in [-0.39, 0.29) is 5.57 Å². The Labute approximate surface area is 221 Å². The first kappa shape index (κ1) is 26.2. The minimum atomic E-state index is -0.921. The van der Waals surface area contributed by atoms with Gasteiger partial charge in [0.25, 0.3) is 0 Å². The molecule has 1 aliphatic heterocycles. The van der Waals surface area contributed by atoms with E-state index in [1.54, 1.807) is 12.1 Å². The van der Waals surface area contributed by atoms with Crippen LogP contribution in [0.5, 0.6) is 0 Å². The molecule has 0 spiro atoms. The maximum atomic E-state index is 13.5. The van der Waals surface area contributed by atoms with E-state index in [0.29, 0.717) is 28.1 Å². The zero-order valence-corrected chi connectivity index (χ0v) is 21.6. The van der Waals surface area contributed by atoms with Crippen molar-refractivity contribution in [3.05, 3.63) is 119 Å². The van der Waals surface area contributed by atoms with Gasteiger partial charge < -0.3 is 14.2 Å². The number of benzene rings is 3. The number of aryl methyl sites for hydroxylation is 1. The monoisotopic (exact) mass is 512 g/mol. The highest BCUT2D eigenvalue weighted by Crippen LogP contribution is 2.48. The lowest BCUT2D eigenvalue weighted by molar-refractivity contribution is -0.137. The molecule has 38 heavy (non-hydrogen) atoms. The van der Waals surface area contributed by atoms with Gasteiger partial charge in [-0.2, -0.15) is 0 Å². The van der Waals surface area contributed by atoms with Gasteiger partial charge in [0.2, 0.25) is 0 Å². The first-order valence-corrected chi connectivity index (χ1v) is 11.9. The number of rotatable bonds is 6. The Morgan fingerprint density at radius 1 is 0.763 bits per heavy atom. The number of carbonyl (C=O) groups excluding carboxylic acids is 3. The summed E-state index contributed by atoms with van der Waals surface area (Å²) in [4.78, 5) is 39.7. The third-order valence-corrected chi connectivity index (χ3v) is 6.16. The SMILES string of the molecule is COC(=O)/C=C(\c1ccccc1)N1C(c2ccccc2)=C(C(=O)OC)C(c2ccc(C)cc2)N1C(=O)OC. The number of hydrazine groups is 1. The van der Waals surface area contributed by atoms with Crippen LogP contribution in [0.15, 0.2) is 96.6 Å². The number of amides is 1. The van der Waals surface area contributed by atoms with Gasteiger partial charge in [-0.3, -0.25) is 0 Å². The molecular weight excluding hydrogens is 484 g/mol. The Kier molecular flexibility index (Phi) is 7.91. The van der Waals surface area contributed by atoms with Crippen molar-refractivity contribution in [2.45, 2.75) is 13.0 Å². The second-order valence-electron chi connectivity index (χ2n) is 8.48. The summed E-state index contributed by atoms with van der Waals surface area (Å²) in [6, 6.07) is 24.7. The quantitative estimate of drug-likeness (QED) is 0.257. The molecule has 8 nitrogen and oxygen atoms in total. The van der Waals surface area contributed by atoms with Crippen LogP contribution in [0.4, 0.5) is 4.79 Å². The van der Waals surface area contributed by atoms with Gasteiger partial charge in [-0.15, -0.1) is 0 Å². The highest BCUT2D eigenvalue weighted by molar-refractivity contribution is 6.04. The number of nitrogens with zero attached hydrogens (tertiary/aromatic N) is 2. The molecule has 1 aliphatic rings. The number of methoxy groups -OCH3 is 3. The fourth-order valence-electron chi connectivity index (χ4n) is 4.40. The summed E-state index contributed by atoms with van der Waals surface area (Å²) in [6.45, 7) is 1.95. The normalized spacial score (nSPS) is 15.4. The van der Waals surface area contributed by atoms with E-state index in [9.17, 15) is 14.4 Å². The topological polar surface area (TPSA) is 85.4 Å². The fourth-order valence-corrected chi connectivity index (χ4v) is 4.40. The third kappa shape index (κ3) is 5.01. The zero-order valence-electron chi connectivity index (χ0n) is 21.6. The predicted molar refractivity (Wildman–Crippen MR) is 142 cm³/mol. The Morgan fingerprint density at radius 2 is 1.37 bits per heavy atom. The van der Waals surface area contributed by atoms with Crippen molar-refractivity contribution in [1.29, 1.82) is 0 Å². The molecule has 1 heterocycles. The van der Waals surface area contributed by atoms with Crippen molar-refractivity contribution >= 4 is 29.4 Å². The molecule has 194 valence electrons. The third-order valence-electron chi connectivity index (χ3n) is 6.16. The summed E-state index contributed by atoms with van der Waals surface area (Å²) in [5, 5.41) is 2.85. The predicted octanol–water partition coefficient (Wildman–Crippen LogP) is 5.13. The highest BCUT2D eigenvalue weighted by atomic mass is 16.6. The largest absolute Gasteiger partial charge is 0.466 e. The average molecular weight is 513 g/mol. The van der Waals surface area contributed by atoms with E-state index >= 15 is 0 Å². The smallest absolute Gasteiger partial charge is 0.429 e. The standard InChI is InChI=1S/C30H28N2O6/c1-20-15-17-23(18-16-20)28-26(29(34)37-3)27(22-13-9-6-10-14-22)31(32(28)30(35)38-4)24(19-25(33)36-2)21-11-7-5-8-12-21/h5-19,28H,1-4H3/b24-19+. The van der Waals surface area contributed by atoms with Gasteiger partial charge in [-0.1, -0.05) is 90.5 Å². The summed E-state index contributed by atoms with van der Waals surface area (Å²) in [6.07, 6.45) is 0.537. The van der Waals surface area contributed by atoms with Gasteiger partial charge in [0.05, 0.1) is 38.3 Å². The van der Waals surface area contributed by atoms with E-state index in [4.69, 9.17) is 14.2 Å². The molecule has 0 saturated carbocycles. The van der Waals surface area contributed by atoms with Gasteiger partial charge in [0.1, 0.15) is 6.04 Å². The van der Waals surface area contributed by atoms with E-state index in [1.165, 1.54) is 37.4 Å². The summed E-state index contributed by atoms with van der Waals surface area (Å²) >= 11 is 0. The highest BCUT2D eigenvalue weighted by Gasteiger charge is 2.48. The first-order valence-electron chi connectivity index (χ1n) is 11.9. The number of ether oxygens (including phenoxy) is 3. The number of carbonyl (C=O) groups is 3. The summed E-state index contributed by atoms with van der Waals surface area (Å²) in [7, 11) is 3.82. The number of hydrogen-bond donors (Lipinski definition) is 0. The molecule has 0 fully saturated rings. The van der Waals surface area contributed by atoms with E-state index in [2.05, 4.69) is 0 Å². The van der Waals surface area contributed by atoms with Crippen LogP contribution in [0.2, 0.25) is 0 Å². The minimum Gasteiger partial charge on any atom is -0.466 e. The van der Waals surface area contributed by atoms with Gasteiger partial charge in [-0.05, 0) is 12.5 Å². The van der Waals surface area contributed by atoms with Crippen LogP contribution >= 0.6 is 0 Å². The van der Waals surface area contributed by atoms with Gasteiger partial charge in [0, 0.05) is 17.2 Å². The van der Waals surface area contributed by atoms with E-state index in [0.717, 1.165) is 5.56 Å². The van der Waals surface area contributed by atoms with Crippen molar-refractivity contribution in [3.8, 4) is 0 Å². The summed E-state index contributed by atoms with van der Waals surface area (Å²) in [5.41, 5.74) is 3.78. The van der Waals surface area contributed by atoms with Crippen LogP contribution in [0.3, 0.4) is 0 Å². The Bertz CT molecular complexity index is 1380. The number of hydrogen-bond acceptors (Lipinski definition) is 7. The molecule has 4 rings (SSSR count). The Hall–Kier alpha value is -4.85. The fraction of sp³-hybridized carbons (Fsp3) is 0.167. The van der Waals surface area contributed by atoms with E-state index < -0.39 is 24.1 Å². The molecule has 0 radical (unpaired) electrons. The molecule has 0 aliphatic carbocycles. The maximum absolute atomic E-state index is 13.5. The van der Waals surface area contributed by atoms with Crippen molar-refractivity contribution in [2.24, 2.45) is 0 Å². The second kappa shape index (κ2) is 11.5. The average Bonchev–Trinajstić information content (AvgIpc) is 3.32. The lowest BCUT2D eigenvalue weighted by Gasteiger charge is -2.36. The van der Waals surface area contributed by atoms with Crippen molar-refractivity contribution < 1.29 is 28.6 Å². The summed E-state index contributed by atoms with van der Waals surface area (Å²) in [5.74, 6) is -1.27. The molecule has 3 aromatic carbocycles. The molecule has 0 bridgehead atoms. The molecule has 3 aromatic rings. The number of esters is 2. The van der Waals surface area contributed by atoms with Crippen molar-refractivity contribution in [1.82, 2.24) is 10.0 Å². The van der Waals surface area contributed by atoms with Gasteiger partial charge >= 0.3 is 18.0 Å². The van der Waals surface area contributed by atoms with Gasteiger partial charge in [-0.25, -0.2) is 24.4 Å².